The van der Waals surface area contributed by atoms with E-state index in [1.54, 1.807) is 0 Å². The third-order valence-corrected chi connectivity index (χ3v) is 4.54. The van der Waals surface area contributed by atoms with Crippen molar-refractivity contribution in [1.82, 2.24) is 15.0 Å². The fourth-order valence-electron chi connectivity index (χ4n) is 3.00. The number of benzene rings is 1. The molecule has 1 amide bonds. The summed E-state index contributed by atoms with van der Waals surface area (Å²) in [4.78, 5) is 19.9. The monoisotopic (exact) mass is 351 g/mol. The Morgan fingerprint density at radius 1 is 1.15 bits per heavy atom. The molecule has 0 bridgehead atoms. The lowest BCUT2D eigenvalue weighted by Gasteiger charge is -2.27. The molecule has 0 radical (unpaired) electrons. The van der Waals surface area contributed by atoms with Gasteiger partial charge in [0.05, 0.1) is 16.6 Å². The van der Waals surface area contributed by atoms with Crippen LogP contribution in [0.3, 0.4) is 0 Å². The van der Waals surface area contributed by atoms with Gasteiger partial charge >= 0.3 is 0 Å². The second-order valence-electron chi connectivity index (χ2n) is 7.21. The highest BCUT2D eigenvalue weighted by Gasteiger charge is 2.25. The van der Waals surface area contributed by atoms with Gasteiger partial charge in [-0.1, -0.05) is 49.3 Å². The second kappa shape index (κ2) is 7.28. The predicted molar refractivity (Wildman–Crippen MR) is 102 cm³/mol. The zero-order valence-corrected chi connectivity index (χ0v) is 16.0. The largest absolute Gasteiger partial charge is 0.336 e. The van der Waals surface area contributed by atoms with Gasteiger partial charge in [0.25, 0.3) is 11.6 Å². The Bertz CT molecular complexity index is 914. The van der Waals surface area contributed by atoms with E-state index in [1.807, 2.05) is 62.1 Å². The van der Waals surface area contributed by atoms with Crippen LogP contribution in [0.5, 0.6) is 0 Å². The van der Waals surface area contributed by atoms with Crippen LogP contribution in [0.4, 0.5) is 0 Å². The van der Waals surface area contributed by atoms with Gasteiger partial charge < -0.3 is 9.42 Å². The molecule has 26 heavy (non-hydrogen) atoms. The van der Waals surface area contributed by atoms with Crippen molar-refractivity contribution < 1.29 is 9.32 Å². The van der Waals surface area contributed by atoms with Gasteiger partial charge in [0.1, 0.15) is 0 Å². The molecule has 0 N–H and O–H groups in total. The Kier molecular flexibility index (Phi) is 5.07. The summed E-state index contributed by atoms with van der Waals surface area (Å²) in [5.74, 6) is 0.169. The quantitative estimate of drug-likeness (QED) is 0.668. The van der Waals surface area contributed by atoms with Gasteiger partial charge in [-0.25, -0.2) is 4.98 Å². The van der Waals surface area contributed by atoms with Gasteiger partial charge in [-0.15, -0.1) is 0 Å². The van der Waals surface area contributed by atoms with Crippen molar-refractivity contribution in [1.29, 1.82) is 0 Å². The number of carbonyl (C=O) groups excluding carboxylic acids is 1. The summed E-state index contributed by atoms with van der Waals surface area (Å²) in [6.07, 6.45) is 0. The summed E-state index contributed by atoms with van der Waals surface area (Å²) >= 11 is 0. The maximum absolute atomic E-state index is 13.5. The van der Waals surface area contributed by atoms with Crippen molar-refractivity contribution in [3.63, 3.8) is 0 Å². The number of hydrogen-bond donors (Lipinski definition) is 0. The maximum atomic E-state index is 13.5. The predicted octanol–water partition coefficient (Wildman–Crippen LogP) is 4.71. The molecule has 136 valence electrons. The first-order valence-corrected chi connectivity index (χ1v) is 9.00. The van der Waals surface area contributed by atoms with Crippen LogP contribution in [0.2, 0.25) is 0 Å². The van der Waals surface area contributed by atoms with E-state index in [9.17, 15) is 4.79 Å². The molecule has 0 spiro atoms. The van der Waals surface area contributed by atoms with E-state index in [4.69, 9.17) is 4.52 Å². The smallest absolute Gasteiger partial charge is 0.259 e. The average molecular weight is 351 g/mol. The van der Waals surface area contributed by atoms with Gasteiger partial charge in [0.15, 0.2) is 0 Å². The van der Waals surface area contributed by atoms with Crippen LogP contribution in [0.1, 0.15) is 60.9 Å². The SMILES string of the molecule is Cc1noc2nc(C(C)C)cc(C(=O)N(Cc3ccccc3)C(C)C)c12. The van der Waals surface area contributed by atoms with E-state index in [1.165, 1.54) is 0 Å². The number of nitrogens with zero attached hydrogens (tertiary/aromatic N) is 3. The summed E-state index contributed by atoms with van der Waals surface area (Å²) in [7, 11) is 0. The lowest BCUT2D eigenvalue weighted by Crippen LogP contribution is -2.36. The van der Waals surface area contributed by atoms with E-state index in [2.05, 4.69) is 24.0 Å². The minimum Gasteiger partial charge on any atom is -0.336 e. The van der Waals surface area contributed by atoms with Crippen LogP contribution in [0, 0.1) is 6.92 Å². The van der Waals surface area contributed by atoms with Crippen molar-refractivity contribution in [3.8, 4) is 0 Å². The Morgan fingerprint density at radius 2 is 1.85 bits per heavy atom. The third kappa shape index (κ3) is 3.47. The molecule has 0 saturated carbocycles. The van der Waals surface area contributed by atoms with Crippen LogP contribution in [-0.4, -0.2) is 27.0 Å². The van der Waals surface area contributed by atoms with Gasteiger partial charge in [-0.3, -0.25) is 4.79 Å². The zero-order chi connectivity index (χ0) is 18.8. The van der Waals surface area contributed by atoms with Crippen molar-refractivity contribution >= 4 is 17.0 Å². The number of amides is 1. The summed E-state index contributed by atoms with van der Waals surface area (Å²) in [5, 5.41) is 4.73. The third-order valence-electron chi connectivity index (χ3n) is 4.54. The lowest BCUT2D eigenvalue weighted by atomic mass is 10.0. The molecule has 0 atom stereocenters. The highest BCUT2D eigenvalue weighted by molar-refractivity contribution is 6.06. The highest BCUT2D eigenvalue weighted by atomic mass is 16.5. The average Bonchev–Trinajstić information content (AvgIpc) is 3.00. The Hall–Kier alpha value is -2.69. The maximum Gasteiger partial charge on any atom is 0.259 e. The van der Waals surface area contributed by atoms with Crippen LogP contribution < -0.4 is 0 Å². The zero-order valence-electron chi connectivity index (χ0n) is 16.0. The van der Waals surface area contributed by atoms with E-state index >= 15 is 0 Å². The molecular formula is C21H25N3O2. The van der Waals surface area contributed by atoms with Crippen LogP contribution in [0.25, 0.3) is 11.1 Å². The molecule has 0 saturated heterocycles. The fraction of sp³-hybridized carbons (Fsp3) is 0.381. The number of aryl methyl sites for hydroxylation is 1. The van der Waals surface area contributed by atoms with Gasteiger partial charge in [0, 0.05) is 18.3 Å². The van der Waals surface area contributed by atoms with Crippen LogP contribution >= 0.6 is 0 Å². The van der Waals surface area contributed by atoms with Gasteiger partial charge in [0.2, 0.25) is 0 Å². The molecule has 1 aromatic carbocycles. The number of carbonyl (C=O) groups is 1. The lowest BCUT2D eigenvalue weighted by molar-refractivity contribution is 0.0692. The highest BCUT2D eigenvalue weighted by Crippen LogP contribution is 2.27. The molecular weight excluding hydrogens is 326 g/mol. The molecule has 2 aromatic heterocycles. The van der Waals surface area contributed by atoms with Crippen molar-refractivity contribution in [2.75, 3.05) is 0 Å². The molecule has 0 aliphatic heterocycles. The Balaban J connectivity index is 2.07. The molecule has 5 heteroatoms. The molecule has 3 aromatic rings. The number of aromatic nitrogens is 2. The summed E-state index contributed by atoms with van der Waals surface area (Å²) in [6.45, 7) is 10.6. The first-order chi connectivity index (χ1) is 12.4. The minimum atomic E-state index is -0.0237. The first-order valence-electron chi connectivity index (χ1n) is 9.00. The number of fused-ring (bicyclic) bond motifs is 1. The minimum absolute atomic E-state index is 0.0237. The molecule has 0 aliphatic rings. The van der Waals surface area contributed by atoms with Gasteiger partial charge in [-0.05, 0) is 38.3 Å². The number of hydrogen-bond acceptors (Lipinski definition) is 4. The van der Waals surface area contributed by atoms with E-state index < -0.39 is 0 Å². The topological polar surface area (TPSA) is 59.2 Å². The van der Waals surface area contributed by atoms with Crippen molar-refractivity contribution in [2.45, 2.75) is 53.1 Å². The van der Waals surface area contributed by atoms with E-state index in [0.717, 1.165) is 11.3 Å². The molecule has 0 aliphatic carbocycles. The molecule has 5 nitrogen and oxygen atoms in total. The Labute approximate surface area is 154 Å². The summed E-state index contributed by atoms with van der Waals surface area (Å²) in [5.41, 5.74) is 3.67. The van der Waals surface area contributed by atoms with Crippen molar-refractivity contribution in [3.05, 3.63) is 58.9 Å². The standard InChI is InChI=1S/C21H25N3O2/c1-13(2)18-11-17(19-15(5)23-26-20(19)22-18)21(25)24(14(3)4)12-16-9-7-6-8-10-16/h6-11,13-14H,12H2,1-5H3. The molecule has 2 heterocycles. The fourth-order valence-corrected chi connectivity index (χ4v) is 3.00. The Morgan fingerprint density at radius 3 is 2.46 bits per heavy atom. The summed E-state index contributed by atoms with van der Waals surface area (Å²) in [6, 6.07) is 12.0. The molecule has 0 fully saturated rings. The number of pyridine rings is 1. The van der Waals surface area contributed by atoms with E-state index in [-0.39, 0.29) is 17.9 Å². The van der Waals surface area contributed by atoms with Crippen molar-refractivity contribution in [2.24, 2.45) is 0 Å². The number of rotatable bonds is 5. The molecule has 3 rings (SSSR count). The van der Waals surface area contributed by atoms with Crippen LogP contribution in [0.15, 0.2) is 40.9 Å². The second-order valence-corrected chi connectivity index (χ2v) is 7.21. The summed E-state index contributed by atoms with van der Waals surface area (Å²) < 4.78 is 5.36. The first kappa shape index (κ1) is 18.1. The normalized spacial score (nSPS) is 11.5. The van der Waals surface area contributed by atoms with E-state index in [0.29, 0.717) is 28.9 Å². The molecule has 0 unspecified atom stereocenters. The van der Waals surface area contributed by atoms with Gasteiger partial charge in [-0.2, -0.15) is 0 Å². The van der Waals surface area contributed by atoms with Crippen LogP contribution in [-0.2, 0) is 6.54 Å².